The van der Waals surface area contributed by atoms with Crippen LogP contribution in [0.2, 0.25) is 6.32 Å². The Hall–Kier alpha value is -0.865. The van der Waals surface area contributed by atoms with Crippen molar-refractivity contribution in [3.05, 3.63) is 35.6 Å². The van der Waals surface area contributed by atoms with Crippen LogP contribution in [-0.4, -0.2) is 18.3 Å². The highest BCUT2D eigenvalue weighted by atomic mass is 19.1. The monoisotopic (exact) mass is 278 g/mol. The van der Waals surface area contributed by atoms with Crippen molar-refractivity contribution in [1.82, 2.24) is 0 Å². The zero-order chi connectivity index (χ0) is 14.8. The van der Waals surface area contributed by atoms with Crippen LogP contribution in [0.5, 0.6) is 0 Å². The minimum absolute atomic E-state index is 0.104. The van der Waals surface area contributed by atoms with E-state index in [0.29, 0.717) is 0 Å². The van der Waals surface area contributed by atoms with Gasteiger partial charge >= 0.3 is 7.12 Å². The smallest absolute Gasteiger partial charge is 0.403 e. The van der Waals surface area contributed by atoms with Gasteiger partial charge in [0.1, 0.15) is 5.82 Å². The number of hydrogen-bond acceptors (Lipinski definition) is 2. The predicted molar refractivity (Wildman–Crippen MR) is 80.2 cm³/mol. The van der Waals surface area contributed by atoms with E-state index in [0.717, 1.165) is 25.6 Å². The first-order valence-corrected chi connectivity index (χ1v) is 7.40. The second-order valence-corrected chi connectivity index (χ2v) is 6.56. The Kier molecular flexibility index (Phi) is 4.55. The molecule has 0 amide bonds. The van der Waals surface area contributed by atoms with Crippen LogP contribution in [0.15, 0.2) is 24.3 Å². The summed E-state index contributed by atoms with van der Waals surface area (Å²) in [5.41, 5.74) is 0.698. The Bertz CT molecular complexity index is 426. The van der Waals surface area contributed by atoms with E-state index in [4.69, 9.17) is 9.31 Å². The summed E-state index contributed by atoms with van der Waals surface area (Å²) >= 11 is 0. The summed E-state index contributed by atoms with van der Waals surface area (Å²) < 4.78 is 24.7. The summed E-state index contributed by atoms with van der Waals surface area (Å²) in [5, 5.41) is 0. The van der Waals surface area contributed by atoms with Gasteiger partial charge in [-0.05, 0) is 64.6 Å². The lowest BCUT2D eigenvalue weighted by Gasteiger charge is -2.32. The first-order valence-electron chi connectivity index (χ1n) is 7.40. The van der Waals surface area contributed by atoms with E-state index >= 15 is 0 Å². The van der Waals surface area contributed by atoms with E-state index in [2.05, 4.69) is 27.7 Å². The van der Waals surface area contributed by atoms with Crippen LogP contribution in [-0.2, 0) is 15.7 Å². The summed E-state index contributed by atoms with van der Waals surface area (Å²) in [6.45, 7) is 8.30. The number of hydrogen-bond donors (Lipinski definition) is 0. The lowest BCUT2D eigenvalue weighted by Crippen LogP contribution is -2.41. The Labute approximate surface area is 121 Å². The van der Waals surface area contributed by atoms with E-state index in [9.17, 15) is 4.39 Å². The Balaban J connectivity index is 1.71. The van der Waals surface area contributed by atoms with Crippen molar-refractivity contribution in [3.8, 4) is 0 Å². The van der Waals surface area contributed by atoms with Crippen molar-refractivity contribution in [1.29, 1.82) is 0 Å². The van der Waals surface area contributed by atoms with Gasteiger partial charge in [0.2, 0.25) is 0 Å². The Morgan fingerprint density at radius 3 is 2.05 bits per heavy atom. The van der Waals surface area contributed by atoms with Crippen molar-refractivity contribution in [3.63, 3.8) is 0 Å². The van der Waals surface area contributed by atoms with Crippen LogP contribution < -0.4 is 0 Å². The molecule has 0 atom stereocenters. The lowest BCUT2D eigenvalue weighted by molar-refractivity contribution is 0.00578. The molecule has 0 unspecified atom stereocenters. The highest BCUT2D eigenvalue weighted by molar-refractivity contribution is 6.45. The molecule has 0 bridgehead atoms. The van der Waals surface area contributed by atoms with Gasteiger partial charge in [-0.2, -0.15) is 0 Å². The molecule has 4 heteroatoms. The molecule has 110 valence electrons. The summed E-state index contributed by atoms with van der Waals surface area (Å²) in [6.07, 6.45) is 4.00. The molecule has 1 aromatic rings. The molecule has 2 nitrogen and oxygen atoms in total. The number of halogens is 1. The highest BCUT2D eigenvalue weighted by Gasteiger charge is 2.50. The molecule has 0 aromatic heterocycles. The maximum absolute atomic E-state index is 12.8. The summed E-state index contributed by atoms with van der Waals surface area (Å²) in [7, 11) is -0.104. The highest BCUT2D eigenvalue weighted by Crippen LogP contribution is 2.38. The Morgan fingerprint density at radius 2 is 1.50 bits per heavy atom. The van der Waals surface area contributed by atoms with E-state index in [1.54, 1.807) is 0 Å². The molecule has 2 rings (SSSR count). The fourth-order valence-corrected chi connectivity index (χ4v) is 2.37. The number of rotatable bonds is 5. The van der Waals surface area contributed by atoms with Crippen LogP contribution in [0, 0.1) is 5.82 Å². The lowest BCUT2D eigenvalue weighted by atomic mass is 9.82. The maximum atomic E-state index is 12.8. The Morgan fingerprint density at radius 1 is 0.950 bits per heavy atom. The van der Waals surface area contributed by atoms with Crippen LogP contribution in [0.1, 0.15) is 46.1 Å². The zero-order valence-electron chi connectivity index (χ0n) is 12.9. The number of aryl methyl sites for hydroxylation is 1. The van der Waals surface area contributed by atoms with Gasteiger partial charge < -0.3 is 9.31 Å². The summed E-state index contributed by atoms with van der Waals surface area (Å²) in [6, 6.07) is 6.74. The van der Waals surface area contributed by atoms with Crippen molar-refractivity contribution in [2.75, 3.05) is 0 Å². The van der Waals surface area contributed by atoms with E-state index in [-0.39, 0.29) is 24.1 Å². The summed E-state index contributed by atoms with van der Waals surface area (Å²) in [5.74, 6) is -0.175. The van der Waals surface area contributed by atoms with Crippen molar-refractivity contribution >= 4 is 7.12 Å². The molecule has 1 fully saturated rings. The van der Waals surface area contributed by atoms with Gasteiger partial charge in [0.25, 0.3) is 0 Å². The topological polar surface area (TPSA) is 18.5 Å². The van der Waals surface area contributed by atoms with Crippen molar-refractivity contribution in [2.45, 2.75) is 64.5 Å². The standard InChI is InChI=1S/C16H24BFO2/c1-15(2)16(3,4)20-17(19-15)12-6-5-7-13-8-10-14(18)11-9-13/h8-11H,5-7,12H2,1-4H3. The van der Waals surface area contributed by atoms with Crippen LogP contribution in [0.25, 0.3) is 0 Å². The largest absolute Gasteiger partial charge is 0.457 e. The first kappa shape index (κ1) is 15.5. The molecule has 20 heavy (non-hydrogen) atoms. The maximum Gasteiger partial charge on any atom is 0.457 e. The molecule has 0 spiro atoms. The minimum Gasteiger partial charge on any atom is -0.403 e. The average molecular weight is 278 g/mol. The number of benzene rings is 1. The second kappa shape index (κ2) is 5.86. The van der Waals surface area contributed by atoms with Gasteiger partial charge in [-0.15, -0.1) is 0 Å². The molecular weight excluding hydrogens is 254 g/mol. The third-order valence-electron chi connectivity index (χ3n) is 4.37. The van der Waals surface area contributed by atoms with E-state index in [1.807, 2.05) is 12.1 Å². The van der Waals surface area contributed by atoms with Crippen LogP contribution >= 0.6 is 0 Å². The molecule has 0 N–H and O–H groups in total. The average Bonchev–Trinajstić information content (AvgIpc) is 2.56. The first-order chi connectivity index (χ1) is 9.30. The van der Waals surface area contributed by atoms with Gasteiger partial charge in [0.05, 0.1) is 11.2 Å². The third-order valence-corrected chi connectivity index (χ3v) is 4.37. The van der Waals surface area contributed by atoms with Crippen LogP contribution in [0.3, 0.4) is 0 Å². The SMILES string of the molecule is CC1(C)OB(CCCCc2ccc(F)cc2)OC1(C)C. The van der Waals surface area contributed by atoms with Crippen molar-refractivity contribution < 1.29 is 13.7 Å². The van der Waals surface area contributed by atoms with Crippen molar-refractivity contribution in [2.24, 2.45) is 0 Å². The van der Waals surface area contributed by atoms with Crippen LogP contribution in [0.4, 0.5) is 4.39 Å². The quantitative estimate of drug-likeness (QED) is 0.592. The normalized spacial score (nSPS) is 20.4. The summed E-state index contributed by atoms with van der Waals surface area (Å²) in [4.78, 5) is 0. The molecule has 0 saturated carbocycles. The molecule has 1 aliphatic rings. The second-order valence-electron chi connectivity index (χ2n) is 6.56. The molecule has 1 aliphatic heterocycles. The predicted octanol–water partition coefficient (Wildman–Crippen LogP) is 4.24. The molecule has 1 saturated heterocycles. The number of unbranched alkanes of at least 4 members (excludes halogenated alkanes) is 1. The third kappa shape index (κ3) is 3.61. The van der Waals surface area contributed by atoms with Gasteiger partial charge in [-0.25, -0.2) is 4.39 Å². The minimum atomic E-state index is -0.241. The van der Waals surface area contributed by atoms with E-state index < -0.39 is 0 Å². The molecule has 0 aliphatic carbocycles. The fourth-order valence-electron chi connectivity index (χ4n) is 2.37. The zero-order valence-corrected chi connectivity index (χ0v) is 12.9. The van der Waals surface area contributed by atoms with E-state index in [1.165, 1.54) is 17.7 Å². The van der Waals surface area contributed by atoms with Gasteiger partial charge in [-0.3, -0.25) is 0 Å². The van der Waals surface area contributed by atoms with Gasteiger partial charge in [0.15, 0.2) is 0 Å². The van der Waals surface area contributed by atoms with Gasteiger partial charge in [-0.1, -0.05) is 18.6 Å². The molecule has 1 heterocycles. The molecular formula is C16H24BFO2. The van der Waals surface area contributed by atoms with Gasteiger partial charge in [0, 0.05) is 0 Å². The fraction of sp³-hybridized carbons (Fsp3) is 0.625. The molecule has 0 radical (unpaired) electrons. The molecule has 1 aromatic carbocycles.